The summed E-state index contributed by atoms with van der Waals surface area (Å²) in [6.45, 7) is 2.79. The van der Waals surface area contributed by atoms with Crippen LogP contribution in [0.1, 0.15) is 23.7 Å². The first-order chi connectivity index (χ1) is 10.0. The number of nitrogens with zero attached hydrogens (tertiary/aromatic N) is 3. The zero-order valence-corrected chi connectivity index (χ0v) is 12.0. The number of aryl methyl sites for hydroxylation is 2. The summed E-state index contributed by atoms with van der Waals surface area (Å²) in [4.78, 5) is 9.98. The van der Waals surface area contributed by atoms with E-state index in [4.69, 9.17) is 0 Å². The molecule has 2 aromatic rings. The molecule has 1 N–H and O–H groups in total. The molecule has 0 fully saturated rings. The fourth-order valence-corrected chi connectivity index (χ4v) is 2.20. The molecule has 0 saturated carbocycles. The predicted octanol–water partition coefficient (Wildman–Crippen LogP) is 2.32. The van der Waals surface area contributed by atoms with E-state index in [-0.39, 0.29) is 12.1 Å². The number of nitro groups is 1. The quantitative estimate of drug-likeness (QED) is 0.655. The second-order valence-electron chi connectivity index (χ2n) is 4.74. The Morgan fingerprint density at radius 2 is 2.10 bits per heavy atom. The molecular formula is C14H17FN4O2. The second-order valence-corrected chi connectivity index (χ2v) is 4.74. The van der Waals surface area contributed by atoms with Gasteiger partial charge in [-0.2, -0.15) is 9.49 Å². The lowest BCUT2D eigenvalue weighted by atomic mass is 10.1. The summed E-state index contributed by atoms with van der Waals surface area (Å²) >= 11 is 0. The summed E-state index contributed by atoms with van der Waals surface area (Å²) in [5.74, 6) is -0.781. The minimum Gasteiger partial charge on any atom is -0.308 e. The Morgan fingerprint density at radius 3 is 2.76 bits per heavy atom. The van der Waals surface area contributed by atoms with Crippen molar-refractivity contribution in [1.29, 1.82) is 0 Å². The highest BCUT2D eigenvalue weighted by Gasteiger charge is 2.16. The summed E-state index contributed by atoms with van der Waals surface area (Å²) in [5, 5.41) is 18.1. The zero-order valence-electron chi connectivity index (χ0n) is 12.0. The molecule has 0 aliphatic heterocycles. The molecule has 2 rings (SSSR count). The molecule has 0 amide bonds. The molecule has 112 valence electrons. The summed E-state index contributed by atoms with van der Waals surface area (Å²) in [7, 11) is 1.85. The van der Waals surface area contributed by atoms with Crippen LogP contribution in [0, 0.1) is 15.9 Å². The normalized spacial score (nSPS) is 10.8. The molecule has 0 aliphatic carbocycles. The van der Waals surface area contributed by atoms with Gasteiger partial charge in [0.2, 0.25) is 5.82 Å². The van der Waals surface area contributed by atoms with Gasteiger partial charge in [-0.05, 0) is 6.42 Å². The second kappa shape index (κ2) is 6.45. The first kappa shape index (κ1) is 15.1. The van der Waals surface area contributed by atoms with Crippen molar-refractivity contribution in [2.75, 3.05) is 0 Å². The fraction of sp³-hybridized carbons (Fsp3) is 0.357. The van der Waals surface area contributed by atoms with Crippen molar-refractivity contribution in [2.24, 2.45) is 7.05 Å². The Hall–Kier alpha value is -2.28. The number of rotatable bonds is 6. The van der Waals surface area contributed by atoms with E-state index in [1.165, 1.54) is 6.07 Å². The van der Waals surface area contributed by atoms with Gasteiger partial charge in [-0.15, -0.1) is 0 Å². The number of aromatic nitrogens is 2. The van der Waals surface area contributed by atoms with Gasteiger partial charge in [-0.1, -0.05) is 19.1 Å². The smallest absolute Gasteiger partial charge is 0.305 e. The van der Waals surface area contributed by atoms with E-state index in [0.717, 1.165) is 23.7 Å². The minimum absolute atomic E-state index is 0.228. The molecule has 21 heavy (non-hydrogen) atoms. The van der Waals surface area contributed by atoms with E-state index in [2.05, 4.69) is 10.4 Å². The molecule has 0 radical (unpaired) electrons. The van der Waals surface area contributed by atoms with Crippen molar-refractivity contribution in [3.8, 4) is 0 Å². The van der Waals surface area contributed by atoms with E-state index < -0.39 is 16.4 Å². The number of hydrogen-bond acceptors (Lipinski definition) is 4. The molecule has 7 heteroatoms. The molecule has 0 aliphatic rings. The highest BCUT2D eigenvalue weighted by molar-refractivity contribution is 5.36. The monoisotopic (exact) mass is 292 g/mol. The summed E-state index contributed by atoms with van der Waals surface area (Å²) in [5.41, 5.74) is 1.83. The van der Waals surface area contributed by atoms with Crippen LogP contribution in [0.2, 0.25) is 0 Å². The molecule has 0 saturated heterocycles. The standard InChI is InChI=1S/C14H17FN4O2/c1-3-12-11(9-18(2)17-12)8-16-7-10-5-4-6-13(14(10)15)19(20)21/h4-6,9,16H,3,7-8H2,1-2H3. The predicted molar refractivity (Wildman–Crippen MR) is 76.2 cm³/mol. The van der Waals surface area contributed by atoms with Gasteiger partial charge in [0.1, 0.15) is 0 Å². The number of hydrogen-bond donors (Lipinski definition) is 1. The van der Waals surface area contributed by atoms with Crippen molar-refractivity contribution in [2.45, 2.75) is 26.4 Å². The highest BCUT2D eigenvalue weighted by atomic mass is 19.1. The van der Waals surface area contributed by atoms with Crippen molar-refractivity contribution in [3.05, 3.63) is 57.1 Å². The van der Waals surface area contributed by atoms with E-state index in [0.29, 0.717) is 6.54 Å². The third-order valence-electron chi connectivity index (χ3n) is 3.21. The first-order valence-corrected chi connectivity index (χ1v) is 6.66. The Morgan fingerprint density at radius 1 is 1.38 bits per heavy atom. The van der Waals surface area contributed by atoms with Crippen LogP contribution in [0.5, 0.6) is 0 Å². The summed E-state index contributed by atoms with van der Waals surface area (Å²) in [6.07, 6.45) is 2.73. The average Bonchev–Trinajstić information content (AvgIpc) is 2.80. The van der Waals surface area contributed by atoms with Gasteiger partial charge in [0.05, 0.1) is 10.6 Å². The van der Waals surface area contributed by atoms with Crippen LogP contribution in [0.4, 0.5) is 10.1 Å². The van der Waals surface area contributed by atoms with Crippen molar-refractivity contribution in [1.82, 2.24) is 15.1 Å². The first-order valence-electron chi connectivity index (χ1n) is 6.66. The number of halogens is 1. The van der Waals surface area contributed by atoms with Crippen LogP contribution in [0.15, 0.2) is 24.4 Å². The minimum atomic E-state index is -0.781. The van der Waals surface area contributed by atoms with Gasteiger partial charge in [-0.25, -0.2) is 0 Å². The maximum absolute atomic E-state index is 13.9. The molecule has 1 aromatic carbocycles. The fourth-order valence-electron chi connectivity index (χ4n) is 2.20. The lowest BCUT2D eigenvalue weighted by Crippen LogP contribution is -2.14. The Balaban J connectivity index is 2.04. The average molecular weight is 292 g/mol. The molecular weight excluding hydrogens is 275 g/mol. The molecule has 0 bridgehead atoms. The third kappa shape index (κ3) is 3.43. The molecule has 0 unspecified atom stereocenters. The van der Waals surface area contributed by atoms with Crippen LogP contribution in [-0.4, -0.2) is 14.7 Å². The molecule has 1 aromatic heterocycles. The van der Waals surface area contributed by atoms with Gasteiger partial charge in [-0.3, -0.25) is 14.8 Å². The van der Waals surface area contributed by atoms with E-state index in [9.17, 15) is 14.5 Å². The highest BCUT2D eigenvalue weighted by Crippen LogP contribution is 2.20. The Labute approximate surface area is 121 Å². The van der Waals surface area contributed by atoms with Crippen molar-refractivity contribution in [3.63, 3.8) is 0 Å². The number of nitrogens with one attached hydrogen (secondary N) is 1. The largest absolute Gasteiger partial charge is 0.308 e. The van der Waals surface area contributed by atoms with Gasteiger partial charge in [0.15, 0.2) is 0 Å². The summed E-state index contributed by atoms with van der Waals surface area (Å²) < 4.78 is 15.6. The topological polar surface area (TPSA) is 73.0 Å². The lowest BCUT2D eigenvalue weighted by Gasteiger charge is -2.06. The molecule has 6 nitrogen and oxygen atoms in total. The maximum Gasteiger partial charge on any atom is 0.305 e. The molecule has 1 heterocycles. The van der Waals surface area contributed by atoms with Gasteiger partial charge in [0.25, 0.3) is 0 Å². The lowest BCUT2D eigenvalue weighted by molar-refractivity contribution is -0.387. The van der Waals surface area contributed by atoms with Gasteiger partial charge in [0, 0.05) is 43.5 Å². The van der Waals surface area contributed by atoms with Crippen LogP contribution in [-0.2, 0) is 26.6 Å². The van der Waals surface area contributed by atoms with E-state index in [1.54, 1.807) is 10.7 Å². The van der Waals surface area contributed by atoms with Crippen LogP contribution >= 0.6 is 0 Å². The summed E-state index contributed by atoms with van der Waals surface area (Å²) in [6, 6.07) is 4.19. The molecule has 0 atom stereocenters. The van der Waals surface area contributed by atoms with Crippen LogP contribution in [0.25, 0.3) is 0 Å². The third-order valence-corrected chi connectivity index (χ3v) is 3.21. The van der Waals surface area contributed by atoms with Gasteiger partial charge >= 0.3 is 5.69 Å². The Bertz CT molecular complexity index is 654. The van der Waals surface area contributed by atoms with E-state index >= 15 is 0 Å². The van der Waals surface area contributed by atoms with E-state index in [1.807, 2.05) is 20.2 Å². The number of benzene rings is 1. The molecule has 0 spiro atoms. The van der Waals surface area contributed by atoms with Crippen molar-refractivity contribution >= 4 is 5.69 Å². The SMILES string of the molecule is CCc1nn(C)cc1CNCc1cccc([N+](=O)[O-])c1F. The zero-order chi connectivity index (χ0) is 15.4. The van der Waals surface area contributed by atoms with Crippen LogP contribution < -0.4 is 5.32 Å². The van der Waals surface area contributed by atoms with Crippen molar-refractivity contribution < 1.29 is 9.31 Å². The maximum atomic E-state index is 13.9. The Kier molecular flexibility index (Phi) is 4.64. The number of nitro benzene ring substituents is 1. The van der Waals surface area contributed by atoms with Crippen LogP contribution in [0.3, 0.4) is 0 Å². The van der Waals surface area contributed by atoms with Gasteiger partial charge < -0.3 is 5.32 Å².